The molecule has 0 saturated carbocycles. The van der Waals surface area contributed by atoms with Crippen molar-refractivity contribution in [2.24, 2.45) is 0 Å². The van der Waals surface area contributed by atoms with E-state index in [0.29, 0.717) is 0 Å². The van der Waals surface area contributed by atoms with Gasteiger partial charge in [-0.15, -0.1) is 0 Å². The summed E-state index contributed by atoms with van der Waals surface area (Å²) in [5.74, 6) is -0.707. The number of hydrogen-bond donors (Lipinski definition) is 2. The molecular formula is C12H8BrClFNO3S. The van der Waals surface area contributed by atoms with Gasteiger partial charge < -0.3 is 5.11 Å². The van der Waals surface area contributed by atoms with E-state index >= 15 is 0 Å². The van der Waals surface area contributed by atoms with Crippen LogP contribution in [0.3, 0.4) is 0 Å². The van der Waals surface area contributed by atoms with Crippen LogP contribution in [0.2, 0.25) is 5.02 Å². The quantitative estimate of drug-likeness (QED) is 0.797. The minimum absolute atomic E-state index is 0.0170. The highest BCUT2D eigenvalue weighted by Gasteiger charge is 2.18. The molecule has 0 aliphatic carbocycles. The number of benzene rings is 2. The molecule has 0 bridgehead atoms. The molecule has 0 fully saturated rings. The first kappa shape index (κ1) is 15.1. The van der Waals surface area contributed by atoms with Crippen molar-refractivity contribution in [3.8, 4) is 5.75 Å². The van der Waals surface area contributed by atoms with Crippen LogP contribution >= 0.6 is 27.5 Å². The van der Waals surface area contributed by atoms with E-state index in [-0.39, 0.29) is 25.8 Å². The minimum atomic E-state index is -3.89. The van der Waals surface area contributed by atoms with Crippen molar-refractivity contribution in [3.63, 3.8) is 0 Å². The molecule has 0 aromatic heterocycles. The molecule has 0 radical (unpaired) electrons. The van der Waals surface area contributed by atoms with Gasteiger partial charge in [0.25, 0.3) is 10.0 Å². The molecule has 2 N–H and O–H groups in total. The Bertz CT molecular complexity index is 767. The van der Waals surface area contributed by atoms with E-state index in [1.807, 2.05) is 0 Å². The number of phenolic OH excluding ortho intramolecular Hbond substituents is 1. The summed E-state index contributed by atoms with van der Waals surface area (Å²) in [6.07, 6.45) is 0. The van der Waals surface area contributed by atoms with Crippen LogP contribution in [0.4, 0.5) is 10.1 Å². The molecule has 0 aliphatic rings. The highest BCUT2D eigenvalue weighted by Crippen LogP contribution is 2.29. The van der Waals surface area contributed by atoms with Gasteiger partial charge in [0.1, 0.15) is 16.5 Å². The Morgan fingerprint density at radius 1 is 1.20 bits per heavy atom. The minimum Gasteiger partial charge on any atom is -0.506 e. The number of nitrogens with one attached hydrogen (secondary N) is 1. The first-order valence-corrected chi connectivity index (χ1v) is 7.91. The van der Waals surface area contributed by atoms with Crippen LogP contribution in [0.5, 0.6) is 5.75 Å². The molecule has 8 heteroatoms. The summed E-state index contributed by atoms with van der Waals surface area (Å²) >= 11 is 8.69. The molecular weight excluding hydrogens is 373 g/mol. The smallest absolute Gasteiger partial charge is 0.263 e. The monoisotopic (exact) mass is 379 g/mol. The normalized spacial score (nSPS) is 11.3. The summed E-state index contributed by atoms with van der Waals surface area (Å²) in [4.78, 5) is -0.108. The van der Waals surface area contributed by atoms with Gasteiger partial charge >= 0.3 is 0 Å². The van der Waals surface area contributed by atoms with Gasteiger partial charge in [-0.2, -0.15) is 0 Å². The van der Waals surface area contributed by atoms with Gasteiger partial charge in [-0.25, -0.2) is 12.8 Å². The van der Waals surface area contributed by atoms with E-state index in [2.05, 4.69) is 20.7 Å². The molecule has 0 amide bonds. The van der Waals surface area contributed by atoms with Crippen molar-refractivity contribution < 1.29 is 17.9 Å². The van der Waals surface area contributed by atoms with Crippen LogP contribution in [0.1, 0.15) is 0 Å². The lowest BCUT2D eigenvalue weighted by Crippen LogP contribution is -2.13. The highest BCUT2D eigenvalue weighted by molar-refractivity contribution is 9.10. The van der Waals surface area contributed by atoms with E-state index in [1.54, 1.807) is 0 Å². The molecule has 2 aromatic rings. The van der Waals surface area contributed by atoms with E-state index in [1.165, 1.54) is 18.2 Å². The zero-order chi connectivity index (χ0) is 14.9. The average Bonchev–Trinajstić information content (AvgIpc) is 2.33. The molecule has 0 spiro atoms. The van der Waals surface area contributed by atoms with Gasteiger partial charge in [-0.05, 0) is 52.3 Å². The molecule has 2 rings (SSSR count). The predicted octanol–water partition coefficient (Wildman–Crippen LogP) is 3.75. The summed E-state index contributed by atoms with van der Waals surface area (Å²) in [5.41, 5.74) is 0.184. The molecule has 0 aliphatic heterocycles. The number of sulfonamides is 1. The second kappa shape index (κ2) is 5.59. The van der Waals surface area contributed by atoms with Crippen LogP contribution in [-0.2, 0) is 10.0 Å². The summed E-state index contributed by atoms with van der Waals surface area (Å²) in [6, 6.07) is 7.13. The lowest BCUT2D eigenvalue weighted by molar-refractivity contribution is 0.475. The molecule has 0 saturated heterocycles. The Morgan fingerprint density at radius 2 is 1.90 bits per heavy atom. The van der Waals surface area contributed by atoms with Gasteiger partial charge in [0.05, 0.1) is 10.7 Å². The Morgan fingerprint density at radius 3 is 2.50 bits per heavy atom. The third kappa shape index (κ3) is 3.23. The van der Waals surface area contributed by atoms with Gasteiger partial charge in [-0.3, -0.25) is 4.72 Å². The van der Waals surface area contributed by atoms with Gasteiger partial charge in [0.15, 0.2) is 0 Å². The van der Waals surface area contributed by atoms with Gasteiger partial charge in [0.2, 0.25) is 0 Å². The maximum atomic E-state index is 13.0. The zero-order valence-electron chi connectivity index (χ0n) is 9.77. The van der Waals surface area contributed by atoms with Crippen LogP contribution in [-0.4, -0.2) is 13.5 Å². The first-order chi connectivity index (χ1) is 9.29. The average molecular weight is 381 g/mol. The Kier molecular flexibility index (Phi) is 4.22. The van der Waals surface area contributed by atoms with Gasteiger partial charge in [-0.1, -0.05) is 11.6 Å². The van der Waals surface area contributed by atoms with Crippen LogP contribution in [0.15, 0.2) is 45.8 Å². The van der Waals surface area contributed by atoms with Crippen molar-refractivity contribution in [1.29, 1.82) is 0 Å². The Balaban J connectivity index is 2.38. The summed E-state index contributed by atoms with van der Waals surface area (Å²) in [6.45, 7) is 0. The summed E-state index contributed by atoms with van der Waals surface area (Å²) < 4.78 is 39.7. The van der Waals surface area contributed by atoms with Crippen LogP contribution < -0.4 is 4.72 Å². The topological polar surface area (TPSA) is 66.4 Å². The number of aromatic hydroxyl groups is 1. The van der Waals surface area contributed by atoms with Crippen LogP contribution in [0, 0.1) is 5.82 Å². The van der Waals surface area contributed by atoms with Crippen molar-refractivity contribution in [1.82, 2.24) is 0 Å². The molecule has 0 unspecified atom stereocenters. The fraction of sp³-hybridized carbons (Fsp3) is 0. The van der Waals surface area contributed by atoms with Crippen molar-refractivity contribution in [3.05, 3.63) is 51.7 Å². The standard InChI is InChI=1S/C12H8BrClFNO3S/c13-9-5-7(15)1-4-12(9)20(18,19)16-8-2-3-11(17)10(14)6-8/h1-6,16-17H. The second-order valence-corrected chi connectivity index (χ2v) is 6.76. The molecule has 0 atom stereocenters. The largest absolute Gasteiger partial charge is 0.506 e. The number of rotatable bonds is 3. The number of hydrogen-bond acceptors (Lipinski definition) is 3. The number of halogens is 3. The number of phenols is 1. The summed E-state index contributed by atoms with van der Waals surface area (Å²) in [7, 11) is -3.89. The fourth-order valence-corrected chi connectivity index (χ4v) is 3.75. The molecule has 106 valence electrons. The van der Waals surface area contributed by atoms with Crippen LogP contribution in [0.25, 0.3) is 0 Å². The maximum Gasteiger partial charge on any atom is 0.263 e. The first-order valence-electron chi connectivity index (χ1n) is 5.26. The van der Waals surface area contributed by atoms with Crippen molar-refractivity contribution in [2.45, 2.75) is 4.90 Å². The lowest BCUT2D eigenvalue weighted by atomic mass is 10.3. The van der Waals surface area contributed by atoms with E-state index in [9.17, 15) is 17.9 Å². The lowest BCUT2D eigenvalue weighted by Gasteiger charge is -2.10. The van der Waals surface area contributed by atoms with Gasteiger partial charge in [0, 0.05) is 4.47 Å². The molecule has 20 heavy (non-hydrogen) atoms. The SMILES string of the molecule is O=S(=O)(Nc1ccc(O)c(Cl)c1)c1ccc(F)cc1Br. The maximum absolute atomic E-state index is 13.0. The molecule has 4 nitrogen and oxygen atoms in total. The Labute approximate surface area is 128 Å². The predicted molar refractivity (Wildman–Crippen MR) is 78.0 cm³/mol. The summed E-state index contributed by atoms with van der Waals surface area (Å²) in [5, 5.41) is 9.29. The van der Waals surface area contributed by atoms with E-state index < -0.39 is 15.8 Å². The number of anilines is 1. The van der Waals surface area contributed by atoms with E-state index in [4.69, 9.17) is 11.6 Å². The third-order valence-corrected chi connectivity index (χ3v) is 5.04. The molecule has 0 heterocycles. The zero-order valence-corrected chi connectivity index (χ0v) is 12.9. The third-order valence-electron chi connectivity index (χ3n) is 2.38. The highest BCUT2D eigenvalue weighted by atomic mass is 79.9. The fourth-order valence-electron chi connectivity index (χ4n) is 1.47. The second-order valence-electron chi connectivity index (χ2n) is 3.85. The van der Waals surface area contributed by atoms with Crippen molar-refractivity contribution in [2.75, 3.05) is 4.72 Å². The van der Waals surface area contributed by atoms with E-state index in [0.717, 1.165) is 18.2 Å². The van der Waals surface area contributed by atoms with Crippen molar-refractivity contribution >= 4 is 43.2 Å². The Hall–Kier alpha value is -1.31. The molecule has 2 aromatic carbocycles.